The number of benzene rings is 3. The third-order valence-corrected chi connectivity index (χ3v) is 3.96. The van der Waals surface area contributed by atoms with E-state index in [1.807, 2.05) is 24.5 Å². The van der Waals surface area contributed by atoms with Gasteiger partial charge in [0.25, 0.3) is 0 Å². The van der Waals surface area contributed by atoms with Crippen LogP contribution in [0.5, 0.6) is 0 Å². The molecule has 1 nitrogen and oxygen atoms in total. The summed E-state index contributed by atoms with van der Waals surface area (Å²) in [6.45, 7) is 0. The minimum absolute atomic E-state index is 1.16. The van der Waals surface area contributed by atoms with Crippen LogP contribution in [0.25, 0.3) is 33.7 Å². The molecule has 4 aromatic rings. The second kappa shape index (κ2) is 5.45. The predicted octanol–water partition coefficient (Wildman–Crippen LogP) is 5.56. The van der Waals surface area contributed by atoms with Gasteiger partial charge in [-0.2, -0.15) is 0 Å². The van der Waals surface area contributed by atoms with Gasteiger partial charge in [-0.1, -0.05) is 60.7 Å². The Morgan fingerprint density at radius 3 is 2.14 bits per heavy atom. The highest BCUT2D eigenvalue weighted by molar-refractivity contribution is 6.11. The molecule has 0 N–H and O–H groups in total. The van der Waals surface area contributed by atoms with Crippen LogP contribution >= 0.6 is 0 Å². The van der Waals surface area contributed by atoms with E-state index in [0.29, 0.717) is 0 Å². The van der Waals surface area contributed by atoms with Crippen molar-refractivity contribution in [2.75, 3.05) is 0 Å². The summed E-state index contributed by atoms with van der Waals surface area (Å²) in [4.78, 5) is 4.06. The number of fused-ring (bicyclic) bond motifs is 3. The van der Waals surface area contributed by atoms with E-state index in [9.17, 15) is 0 Å². The first-order valence-electron chi connectivity index (χ1n) is 7.40. The van der Waals surface area contributed by atoms with E-state index in [1.54, 1.807) is 0 Å². The fourth-order valence-corrected chi connectivity index (χ4v) is 2.88. The van der Waals surface area contributed by atoms with Crippen LogP contribution in [-0.4, -0.2) is 4.98 Å². The van der Waals surface area contributed by atoms with Gasteiger partial charge in [-0.15, -0.1) is 0 Å². The van der Waals surface area contributed by atoms with Crippen molar-refractivity contribution in [1.82, 2.24) is 4.98 Å². The van der Waals surface area contributed by atoms with Gasteiger partial charge in [0, 0.05) is 12.4 Å². The lowest BCUT2D eigenvalue weighted by Crippen LogP contribution is -1.82. The van der Waals surface area contributed by atoms with Crippen molar-refractivity contribution in [2.45, 2.75) is 0 Å². The summed E-state index contributed by atoms with van der Waals surface area (Å²) in [5, 5.41) is 5.16. The van der Waals surface area contributed by atoms with Gasteiger partial charge >= 0.3 is 0 Å². The molecule has 0 aliphatic carbocycles. The summed E-state index contributed by atoms with van der Waals surface area (Å²) >= 11 is 0. The van der Waals surface area contributed by atoms with Crippen LogP contribution in [-0.2, 0) is 0 Å². The minimum atomic E-state index is 1.16. The maximum absolute atomic E-state index is 4.06. The Kier molecular flexibility index (Phi) is 3.17. The number of rotatable bonds is 2. The molecule has 0 radical (unpaired) electrons. The van der Waals surface area contributed by atoms with Crippen molar-refractivity contribution < 1.29 is 0 Å². The van der Waals surface area contributed by atoms with Crippen molar-refractivity contribution in [2.24, 2.45) is 0 Å². The summed E-state index contributed by atoms with van der Waals surface area (Å²) in [7, 11) is 0. The van der Waals surface area contributed by atoms with Crippen LogP contribution in [0.4, 0.5) is 0 Å². The van der Waals surface area contributed by atoms with Gasteiger partial charge in [0.15, 0.2) is 0 Å². The maximum atomic E-state index is 4.06. The number of hydrogen-bond acceptors (Lipinski definition) is 1. The van der Waals surface area contributed by atoms with Gasteiger partial charge in [0.05, 0.1) is 0 Å². The zero-order chi connectivity index (χ0) is 14.8. The van der Waals surface area contributed by atoms with Crippen LogP contribution in [0.3, 0.4) is 0 Å². The van der Waals surface area contributed by atoms with Crippen molar-refractivity contribution in [1.29, 1.82) is 0 Å². The van der Waals surface area contributed by atoms with E-state index in [1.165, 1.54) is 27.1 Å². The van der Waals surface area contributed by atoms with E-state index in [0.717, 1.165) is 5.56 Å². The second-order valence-corrected chi connectivity index (χ2v) is 5.35. The van der Waals surface area contributed by atoms with Crippen LogP contribution in [0.2, 0.25) is 0 Å². The van der Waals surface area contributed by atoms with Gasteiger partial charge in [-0.25, -0.2) is 0 Å². The molecule has 1 heteroatoms. The van der Waals surface area contributed by atoms with Crippen LogP contribution in [0.15, 0.2) is 79.1 Å². The molecule has 0 aliphatic rings. The van der Waals surface area contributed by atoms with E-state index >= 15 is 0 Å². The third kappa shape index (κ3) is 2.27. The van der Waals surface area contributed by atoms with Crippen LogP contribution in [0.1, 0.15) is 11.1 Å². The van der Waals surface area contributed by atoms with Gasteiger partial charge in [-0.05, 0) is 50.9 Å². The smallest absolute Gasteiger partial charge is 0.0273 e. The Morgan fingerprint density at radius 2 is 1.32 bits per heavy atom. The molecule has 0 saturated heterocycles. The van der Waals surface area contributed by atoms with Gasteiger partial charge in [0.1, 0.15) is 0 Å². The highest BCUT2D eigenvalue weighted by atomic mass is 14.6. The lowest BCUT2D eigenvalue weighted by atomic mass is 9.97. The molecule has 0 aliphatic heterocycles. The van der Waals surface area contributed by atoms with E-state index in [4.69, 9.17) is 0 Å². The first-order chi connectivity index (χ1) is 10.9. The molecule has 0 amide bonds. The Balaban J connectivity index is 1.94. The molecule has 1 aromatic heterocycles. The average Bonchev–Trinajstić information content (AvgIpc) is 2.60. The van der Waals surface area contributed by atoms with Crippen molar-refractivity contribution in [3.63, 3.8) is 0 Å². The number of pyridine rings is 1. The van der Waals surface area contributed by atoms with E-state index < -0.39 is 0 Å². The summed E-state index contributed by atoms with van der Waals surface area (Å²) in [5.41, 5.74) is 2.40. The molecule has 0 bridgehead atoms. The summed E-state index contributed by atoms with van der Waals surface area (Å²) in [6.07, 6.45) is 7.96. The Hall–Kier alpha value is -2.93. The SMILES string of the molecule is C(=Cc1cc2ccccc2c2ccccc12)c1ccncc1. The number of nitrogens with zero attached hydrogens (tertiary/aromatic N) is 1. The lowest BCUT2D eigenvalue weighted by Gasteiger charge is -2.07. The highest BCUT2D eigenvalue weighted by Gasteiger charge is 2.03. The molecular weight excluding hydrogens is 266 g/mol. The Bertz CT molecular complexity index is 969. The summed E-state index contributed by atoms with van der Waals surface area (Å²) < 4.78 is 0. The third-order valence-electron chi connectivity index (χ3n) is 3.96. The number of aromatic nitrogens is 1. The molecule has 0 atom stereocenters. The molecule has 22 heavy (non-hydrogen) atoms. The molecule has 4 rings (SSSR count). The van der Waals surface area contributed by atoms with Crippen LogP contribution < -0.4 is 0 Å². The van der Waals surface area contributed by atoms with Gasteiger partial charge < -0.3 is 0 Å². The first-order valence-corrected chi connectivity index (χ1v) is 7.40. The molecule has 0 spiro atoms. The average molecular weight is 281 g/mol. The minimum Gasteiger partial charge on any atom is -0.265 e. The van der Waals surface area contributed by atoms with E-state index in [2.05, 4.69) is 71.7 Å². The maximum Gasteiger partial charge on any atom is 0.0273 e. The van der Waals surface area contributed by atoms with Crippen LogP contribution in [0, 0.1) is 0 Å². The van der Waals surface area contributed by atoms with Crippen molar-refractivity contribution in [3.8, 4) is 0 Å². The van der Waals surface area contributed by atoms with Gasteiger partial charge in [0.2, 0.25) is 0 Å². The molecule has 0 fully saturated rings. The molecule has 0 saturated carbocycles. The lowest BCUT2D eigenvalue weighted by molar-refractivity contribution is 1.32. The molecule has 104 valence electrons. The molecular formula is C21H15N. The molecule has 3 aromatic carbocycles. The fourth-order valence-electron chi connectivity index (χ4n) is 2.88. The monoisotopic (exact) mass is 281 g/mol. The van der Waals surface area contributed by atoms with Crippen molar-refractivity contribution >= 4 is 33.7 Å². The largest absolute Gasteiger partial charge is 0.265 e. The fraction of sp³-hybridized carbons (Fsp3) is 0. The predicted molar refractivity (Wildman–Crippen MR) is 94.6 cm³/mol. The topological polar surface area (TPSA) is 12.9 Å². The Labute approximate surface area is 129 Å². The zero-order valence-corrected chi connectivity index (χ0v) is 12.1. The zero-order valence-electron chi connectivity index (χ0n) is 12.1. The second-order valence-electron chi connectivity index (χ2n) is 5.35. The van der Waals surface area contributed by atoms with Gasteiger partial charge in [-0.3, -0.25) is 4.98 Å². The highest BCUT2D eigenvalue weighted by Crippen LogP contribution is 2.29. The van der Waals surface area contributed by atoms with E-state index in [-0.39, 0.29) is 0 Å². The molecule has 1 heterocycles. The normalized spacial score (nSPS) is 11.5. The number of hydrogen-bond donors (Lipinski definition) is 0. The summed E-state index contributed by atoms with van der Waals surface area (Å²) in [5.74, 6) is 0. The molecule has 0 unspecified atom stereocenters. The Morgan fingerprint density at radius 1 is 0.636 bits per heavy atom. The quantitative estimate of drug-likeness (QED) is 0.438. The summed E-state index contributed by atoms with van der Waals surface area (Å²) in [6, 6.07) is 23.4. The van der Waals surface area contributed by atoms with Crippen molar-refractivity contribution in [3.05, 3.63) is 90.3 Å². The first kappa shape index (κ1) is 12.8. The standard InChI is InChI=1S/C21H15N/c1-2-6-19-17(5-1)15-18(20-7-3-4-8-21(19)20)10-9-16-11-13-22-14-12-16/h1-15H.